The lowest BCUT2D eigenvalue weighted by molar-refractivity contribution is -0.146. The number of rotatable bonds is 28. The third kappa shape index (κ3) is 41.7. The first kappa shape index (κ1) is 106. The van der Waals surface area contributed by atoms with Crippen molar-refractivity contribution in [2.45, 2.75) is 27.7 Å². The standard InChI is InChI=1S/C28H22O10.C15H11NO4.C12H10O5.C11H12O5.C11H10O4.C10H10O4.C9H9NO2/c1-17(29)35-22-10-6-4-8-20(22)27(32)37-24-14-12-19(13-15-26(31)34-3)16-25(24)38-28(33)21-9-5-7-11-23(21)36-18(2)30;17-14(18)8-5-11-3-6-13(7-4-11)20-15(19)12-2-1-9-16-10-12;1-8(13)12(16)17-10-5-2-9(3-6-10)4-7-11(14)15;1-15-8-5-7(3-4-10(12)13)6-9(16-2)11(8)14;1-8(12)15-10-5-2-9(3-6-10)4-7-11(13)14;1-14-9-6-7(2-4-8(9)11)3-5-10(12)13;10-8-4-1-7(2-5-8)3-6-9(11)12/h4-16H,1-3H3;1-10H,(H,17,18);2-7H,1H3,(H,14,15);3-6,14H,1-2H3,(H,12,13);2-7H,1H3,(H,13,14);2-6,11H,1H3,(H,12,13);1-6H,10H2,(H,11,12)/b15-13+;8-5+;7-4+;4-3+;7-4+;5-3+;6-3+. The molecule has 0 saturated carbocycles. The Morgan fingerprint density at radius 2 is 0.652 bits per heavy atom. The molecular formula is C96H84N2O34. The van der Waals surface area contributed by atoms with Crippen LogP contribution in [0.3, 0.4) is 0 Å². The van der Waals surface area contributed by atoms with Gasteiger partial charge in [-0.3, -0.25) is 24.2 Å². The molecule has 0 aliphatic heterocycles. The highest BCUT2D eigenvalue weighted by atomic mass is 16.6. The van der Waals surface area contributed by atoms with Gasteiger partial charge in [-0.25, -0.2) is 52.7 Å². The Hall–Kier alpha value is -18.6. The van der Waals surface area contributed by atoms with Gasteiger partial charge in [0.25, 0.3) is 0 Å². The molecular weight excluding hydrogens is 1730 g/mol. The van der Waals surface area contributed by atoms with Gasteiger partial charge < -0.3 is 98.7 Å². The summed E-state index contributed by atoms with van der Waals surface area (Å²) in [7, 11) is 5.45. The molecule has 0 spiro atoms. The van der Waals surface area contributed by atoms with Gasteiger partial charge in [0.05, 0.1) is 34.0 Å². The lowest BCUT2D eigenvalue weighted by atomic mass is 10.1. The van der Waals surface area contributed by atoms with Crippen molar-refractivity contribution in [1.82, 2.24) is 4.98 Å². The summed E-state index contributed by atoms with van der Waals surface area (Å²) in [5.41, 5.74) is 10.9. The Morgan fingerprint density at radius 1 is 0.311 bits per heavy atom. The normalized spacial score (nSPS) is 10.3. The average molecular weight is 1810 g/mol. The van der Waals surface area contributed by atoms with Gasteiger partial charge in [0.2, 0.25) is 11.5 Å². The zero-order chi connectivity index (χ0) is 97.8. The van der Waals surface area contributed by atoms with Crippen molar-refractivity contribution >= 4 is 138 Å². The summed E-state index contributed by atoms with van der Waals surface area (Å²) in [6.07, 6.45) is 20.4. The molecule has 0 atom stereocenters. The van der Waals surface area contributed by atoms with E-state index in [0.717, 1.165) is 60.6 Å². The lowest BCUT2D eigenvalue weighted by Gasteiger charge is -2.14. The number of esters is 8. The van der Waals surface area contributed by atoms with Gasteiger partial charge in [-0.05, 0) is 203 Å². The van der Waals surface area contributed by atoms with E-state index in [9.17, 15) is 82.1 Å². The number of phenols is 2. The molecule has 0 aliphatic carbocycles. The minimum atomic E-state index is -1.05. The number of aliphatic carboxylic acids is 6. The summed E-state index contributed by atoms with van der Waals surface area (Å²) in [6.45, 7) is 4.81. The van der Waals surface area contributed by atoms with Crippen LogP contribution < -0.4 is 53.1 Å². The van der Waals surface area contributed by atoms with Crippen LogP contribution in [0.15, 0.2) is 261 Å². The Balaban J connectivity index is 0.000000336. The van der Waals surface area contributed by atoms with Gasteiger partial charge in [-0.1, -0.05) is 84.9 Å². The number of aromatic hydroxyl groups is 2. The minimum Gasteiger partial charge on any atom is -0.504 e. The van der Waals surface area contributed by atoms with E-state index in [1.54, 1.807) is 140 Å². The van der Waals surface area contributed by atoms with Crippen molar-refractivity contribution in [3.8, 4) is 69.0 Å². The van der Waals surface area contributed by atoms with Gasteiger partial charge in [0.15, 0.2) is 34.5 Å². The first-order valence-electron chi connectivity index (χ1n) is 37.7. The van der Waals surface area contributed by atoms with Crippen molar-refractivity contribution in [2.24, 2.45) is 0 Å². The Kier molecular flexibility index (Phi) is 45.1. The van der Waals surface area contributed by atoms with E-state index in [-0.39, 0.29) is 68.8 Å². The van der Waals surface area contributed by atoms with Crippen LogP contribution in [-0.4, -0.2) is 164 Å². The fraction of sp³-hybridized carbons (Fsp3) is 0.0833. The number of carbonyl (C=O) groups excluding carboxylic acids is 9. The number of hydrogen-bond acceptors (Lipinski definition) is 30. The summed E-state index contributed by atoms with van der Waals surface area (Å²) >= 11 is 0. The number of anilines is 1. The fourth-order valence-corrected chi connectivity index (χ4v) is 9.45. The van der Waals surface area contributed by atoms with Crippen molar-refractivity contribution in [3.05, 3.63) is 317 Å². The number of phenolic OH excluding ortho intramolecular Hbond substituents is 2. The number of benzene rings is 9. The zero-order valence-corrected chi connectivity index (χ0v) is 71.1. The van der Waals surface area contributed by atoms with Crippen LogP contribution in [-0.2, 0) is 62.3 Å². The number of para-hydroxylation sites is 2. The second-order valence-electron chi connectivity index (χ2n) is 25.3. The predicted octanol–water partition coefficient (Wildman–Crippen LogP) is 13.9. The van der Waals surface area contributed by atoms with Gasteiger partial charge in [0, 0.05) is 88.3 Å². The number of carboxylic acids is 6. The van der Waals surface area contributed by atoms with E-state index in [2.05, 4.69) is 9.72 Å². The van der Waals surface area contributed by atoms with Gasteiger partial charge in [-0.15, -0.1) is 0 Å². The van der Waals surface area contributed by atoms with Gasteiger partial charge in [-0.2, -0.15) is 0 Å². The smallest absolute Gasteiger partial charge is 0.379 e. The molecule has 0 saturated heterocycles. The highest BCUT2D eigenvalue weighted by Crippen LogP contribution is 2.38. The molecule has 9 aromatic carbocycles. The van der Waals surface area contributed by atoms with E-state index in [4.69, 9.17) is 83.7 Å². The summed E-state index contributed by atoms with van der Waals surface area (Å²) < 4.78 is 55.1. The summed E-state index contributed by atoms with van der Waals surface area (Å²) in [5, 5.41) is 69.4. The third-order valence-corrected chi connectivity index (χ3v) is 15.4. The second-order valence-corrected chi connectivity index (χ2v) is 25.3. The number of aromatic nitrogens is 1. The minimum absolute atomic E-state index is 0.0171. The van der Waals surface area contributed by atoms with Crippen molar-refractivity contribution in [2.75, 3.05) is 34.2 Å². The molecule has 0 fully saturated rings. The van der Waals surface area contributed by atoms with E-state index in [1.165, 1.54) is 171 Å². The maximum atomic E-state index is 13.0. The Morgan fingerprint density at radius 3 is 1.03 bits per heavy atom. The number of hydrogen-bond donors (Lipinski definition) is 9. The number of nitrogens with two attached hydrogens (primary N) is 1. The van der Waals surface area contributed by atoms with Crippen LogP contribution in [0, 0.1) is 0 Å². The van der Waals surface area contributed by atoms with E-state index in [0.29, 0.717) is 56.3 Å². The first-order valence-corrected chi connectivity index (χ1v) is 37.7. The molecule has 10 N–H and O–H groups in total. The van der Waals surface area contributed by atoms with Crippen molar-refractivity contribution in [3.63, 3.8) is 0 Å². The van der Waals surface area contributed by atoms with Crippen LogP contribution in [0.1, 0.15) is 97.7 Å². The number of pyridine rings is 1. The van der Waals surface area contributed by atoms with Crippen LogP contribution in [0.5, 0.6) is 69.0 Å². The van der Waals surface area contributed by atoms with E-state index >= 15 is 0 Å². The number of carbonyl (C=O) groups is 15. The number of nitrogen functional groups attached to an aromatic ring is 1. The molecule has 1 heterocycles. The summed E-state index contributed by atoms with van der Waals surface area (Å²) in [6, 6.07) is 53.0. The van der Waals surface area contributed by atoms with Crippen LogP contribution in [0.4, 0.5) is 5.69 Å². The summed E-state index contributed by atoms with van der Waals surface area (Å²) in [4.78, 5) is 170. The maximum Gasteiger partial charge on any atom is 0.379 e. The Bertz CT molecular complexity index is 5920. The van der Waals surface area contributed by atoms with E-state index < -0.39 is 83.4 Å². The van der Waals surface area contributed by atoms with Crippen LogP contribution in [0.2, 0.25) is 0 Å². The number of ketones is 1. The molecule has 10 rings (SSSR count). The molecule has 0 radical (unpaired) electrons. The average Bonchev–Trinajstić information content (AvgIpc) is 0.809. The number of Topliss-reactive ketones (excluding diaryl/α,β-unsaturated/α-hetero) is 1. The SMILES string of the molecule is CC(=O)C(=O)Oc1ccc(/C=C/C(=O)O)cc1.CC(=O)Oc1ccc(/C=C/C(=O)O)cc1.COC(=O)/C=C/c1ccc(OC(=O)c2ccccc2OC(C)=O)c(OC(=O)c2ccccc2OC(C)=O)c1.COc1cc(/C=C/C(=O)O)cc(OC)c1O.COc1cc(/C=C/C(=O)O)ccc1O.Nc1ccc(/C=C/C(=O)O)cc1.O=C(O)/C=C/c1ccc(OC(=O)c2cccnc2)cc1. The highest BCUT2D eigenvalue weighted by Gasteiger charge is 2.23. The Labute approximate surface area is 751 Å². The van der Waals surface area contributed by atoms with Crippen molar-refractivity contribution < 1.29 is 165 Å². The lowest BCUT2D eigenvalue weighted by Crippen LogP contribution is -2.16. The maximum absolute atomic E-state index is 13.0. The molecule has 36 heteroatoms. The first-order chi connectivity index (χ1) is 62.8. The highest BCUT2D eigenvalue weighted by molar-refractivity contribution is 6.33. The van der Waals surface area contributed by atoms with Gasteiger partial charge in [0.1, 0.15) is 39.9 Å². The summed E-state index contributed by atoms with van der Waals surface area (Å²) in [5.74, 6) is -10.9. The zero-order valence-electron chi connectivity index (χ0n) is 71.1. The molecule has 682 valence electrons. The van der Waals surface area contributed by atoms with Crippen LogP contribution >= 0.6 is 0 Å². The second kappa shape index (κ2) is 56.3. The number of nitrogens with zero attached hydrogens (tertiary/aromatic N) is 1. The molecule has 0 amide bonds. The van der Waals surface area contributed by atoms with Crippen molar-refractivity contribution in [1.29, 1.82) is 0 Å². The largest absolute Gasteiger partial charge is 0.504 e. The van der Waals surface area contributed by atoms with E-state index in [1.807, 2.05) is 0 Å². The number of carboxylic acid groups (broad SMARTS) is 6. The molecule has 1 aromatic heterocycles. The fourth-order valence-electron chi connectivity index (χ4n) is 9.45. The number of methoxy groups -OCH3 is 4. The molecule has 36 nitrogen and oxygen atoms in total. The van der Waals surface area contributed by atoms with Crippen LogP contribution in [0.25, 0.3) is 42.5 Å². The van der Waals surface area contributed by atoms with Gasteiger partial charge >= 0.3 is 83.6 Å². The monoisotopic (exact) mass is 1810 g/mol. The molecule has 10 aromatic rings. The quantitative estimate of drug-likeness (QED) is 0.00723. The molecule has 132 heavy (non-hydrogen) atoms. The third-order valence-electron chi connectivity index (χ3n) is 15.4. The molecule has 0 unspecified atom stereocenters. The number of ether oxygens (including phenoxy) is 11. The topological polar surface area (TPSA) is 558 Å². The molecule has 0 aliphatic rings. The molecule has 0 bridgehead atoms. The predicted molar refractivity (Wildman–Crippen MR) is 476 cm³/mol.